The van der Waals surface area contributed by atoms with E-state index in [0.717, 1.165) is 11.3 Å². The summed E-state index contributed by atoms with van der Waals surface area (Å²) in [7, 11) is -3.43. The Balaban J connectivity index is 2.35. The lowest BCUT2D eigenvalue weighted by Gasteiger charge is -2.28. The Morgan fingerprint density at radius 2 is 2.38 bits per heavy atom. The van der Waals surface area contributed by atoms with Crippen LogP contribution in [0.1, 0.15) is 6.42 Å². The van der Waals surface area contributed by atoms with E-state index in [2.05, 4.69) is 4.72 Å². The van der Waals surface area contributed by atoms with Gasteiger partial charge >= 0.3 is 0 Å². The molecular formula is C8H10ClFN2O2S2. The van der Waals surface area contributed by atoms with Crippen molar-refractivity contribution in [3.63, 3.8) is 0 Å². The second-order valence-electron chi connectivity index (χ2n) is 3.34. The van der Waals surface area contributed by atoms with Crippen molar-refractivity contribution < 1.29 is 12.8 Å². The van der Waals surface area contributed by atoms with E-state index in [9.17, 15) is 12.8 Å². The zero-order valence-electron chi connectivity index (χ0n) is 8.24. The normalized spacial score (nSPS) is 18.5. The van der Waals surface area contributed by atoms with Crippen LogP contribution in [0.3, 0.4) is 0 Å². The first-order valence-corrected chi connectivity index (χ1v) is 7.32. The lowest BCUT2D eigenvalue weighted by atomic mass is 10.4. The van der Waals surface area contributed by atoms with Crippen LogP contribution in [-0.4, -0.2) is 28.3 Å². The maximum atomic E-state index is 12.1. The summed E-state index contributed by atoms with van der Waals surface area (Å²) >= 11 is 6.82. The largest absolute Gasteiger partial charge is 0.356 e. The molecule has 1 N–H and O–H groups in total. The van der Waals surface area contributed by atoms with E-state index >= 15 is 0 Å². The summed E-state index contributed by atoms with van der Waals surface area (Å²) in [6.07, 6.45) is 0.370. The van der Waals surface area contributed by atoms with Gasteiger partial charge in [-0.3, -0.25) is 4.39 Å². The maximum Gasteiger partial charge on any atom is 0.253 e. The van der Waals surface area contributed by atoms with E-state index in [1.54, 1.807) is 11.0 Å². The van der Waals surface area contributed by atoms with Crippen molar-refractivity contribution in [3.8, 4) is 0 Å². The van der Waals surface area contributed by atoms with Crippen molar-refractivity contribution in [3.05, 3.63) is 10.4 Å². The molecule has 0 radical (unpaired) electrons. The molecule has 0 amide bonds. The van der Waals surface area contributed by atoms with E-state index in [-0.39, 0.29) is 10.9 Å². The topological polar surface area (TPSA) is 49.4 Å². The molecule has 2 rings (SSSR count). The Labute approximate surface area is 102 Å². The third kappa shape index (κ3) is 2.17. The summed E-state index contributed by atoms with van der Waals surface area (Å²) in [5.41, 5.74) is 0.571. The first-order valence-electron chi connectivity index (χ1n) is 4.64. The number of rotatable bonds is 3. The number of fused-ring (bicyclic) bond motifs is 1. The minimum atomic E-state index is -3.43. The summed E-state index contributed by atoms with van der Waals surface area (Å²) in [4.78, 5) is 1.78. The number of hydrogen-bond donors (Lipinski definition) is 1. The quantitative estimate of drug-likeness (QED) is 0.921. The molecule has 4 nitrogen and oxygen atoms in total. The standard InChI is InChI=1S/C8H10ClFN2O2S2/c9-7-4-6-8(15-7)16(13,14)11-5-12(6)3-1-2-10/h4,11H,1-3,5H2. The van der Waals surface area contributed by atoms with Gasteiger partial charge in [0.25, 0.3) is 10.0 Å². The summed E-state index contributed by atoms with van der Waals surface area (Å²) < 4.78 is 38.4. The smallest absolute Gasteiger partial charge is 0.253 e. The summed E-state index contributed by atoms with van der Waals surface area (Å²) in [5.74, 6) is 0. The van der Waals surface area contributed by atoms with E-state index in [1.807, 2.05) is 0 Å². The highest BCUT2D eigenvalue weighted by molar-refractivity contribution is 7.92. The molecule has 0 unspecified atom stereocenters. The average molecular weight is 285 g/mol. The maximum absolute atomic E-state index is 12.1. The first kappa shape index (κ1) is 12.1. The van der Waals surface area contributed by atoms with E-state index < -0.39 is 16.7 Å². The van der Waals surface area contributed by atoms with Gasteiger partial charge in [0.05, 0.1) is 23.4 Å². The van der Waals surface area contributed by atoms with Crippen molar-refractivity contribution in [1.29, 1.82) is 0 Å². The zero-order chi connectivity index (χ0) is 11.8. The van der Waals surface area contributed by atoms with Crippen LogP contribution < -0.4 is 9.62 Å². The Kier molecular flexibility index (Phi) is 3.39. The Morgan fingerprint density at radius 3 is 3.06 bits per heavy atom. The van der Waals surface area contributed by atoms with Crippen LogP contribution in [-0.2, 0) is 10.0 Å². The van der Waals surface area contributed by atoms with Gasteiger partial charge in [-0.05, 0) is 12.5 Å². The molecule has 0 aromatic carbocycles. The van der Waals surface area contributed by atoms with Crippen LogP contribution in [0.25, 0.3) is 0 Å². The zero-order valence-corrected chi connectivity index (χ0v) is 10.6. The van der Waals surface area contributed by atoms with Crippen LogP contribution in [0.4, 0.5) is 10.1 Å². The Morgan fingerprint density at radius 1 is 1.62 bits per heavy atom. The molecule has 2 heterocycles. The summed E-state index contributed by atoms with van der Waals surface area (Å²) in [5, 5.41) is 0. The van der Waals surface area contributed by atoms with Gasteiger partial charge in [0, 0.05) is 6.54 Å². The van der Waals surface area contributed by atoms with Crippen molar-refractivity contribution in [2.75, 3.05) is 24.8 Å². The fourth-order valence-corrected chi connectivity index (χ4v) is 4.43. The molecule has 90 valence electrons. The van der Waals surface area contributed by atoms with Crippen LogP contribution in [0, 0.1) is 0 Å². The minimum Gasteiger partial charge on any atom is -0.356 e. The third-order valence-electron chi connectivity index (χ3n) is 2.24. The Hall–Kier alpha value is -0.370. The van der Waals surface area contributed by atoms with E-state index in [1.165, 1.54) is 0 Å². The van der Waals surface area contributed by atoms with Gasteiger partial charge in [0.2, 0.25) is 0 Å². The average Bonchev–Trinajstić information content (AvgIpc) is 2.60. The van der Waals surface area contributed by atoms with Crippen molar-refractivity contribution in [2.24, 2.45) is 0 Å². The van der Waals surface area contributed by atoms with Crippen LogP contribution in [0.2, 0.25) is 4.34 Å². The molecule has 16 heavy (non-hydrogen) atoms. The fourth-order valence-electron chi connectivity index (χ4n) is 1.51. The number of nitrogens with one attached hydrogen (secondary N) is 1. The second-order valence-corrected chi connectivity index (χ2v) is 6.98. The predicted octanol–water partition coefficient (Wildman–Crippen LogP) is 1.82. The molecule has 8 heteroatoms. The lowest BCUT2D eigenvalue weighted by Crippen LogP contribution is -2.42. The molecule has 1 aliphatic rings. The third-order valence-corrected chi connectivity index (χ3v) is 5.40. The molecule has 1 aromatic rings. The molecule has 0 saturated heterocycles. The molecule has 0 fully saturated rings. The highest BCUT2D eigenvalue weighted by Gasteiger charge is 2.30. The van der Waals surface area contributed by atoms with Gasteiger partial charge in [-0.25, -0.2) is 8.42 Å². The Bertz CT molecular complexity index is 488. The van der Waals surface area contributed by atoms with Crippen molar-refractivity contribution in [1.82, 2.24) is 4.72 Å². The van der Waals surface area contributed by atoms with Crippen LogP contribution in [0.15, 0.2) is 10.3 Å². The van der Waals surface area contributed by atoms with Gasteiger partial charge in [0.15, 0.2) is 4.21 Å². The molecular weight excluding hydrogens is 275 g/mol. The van der Waals surface area contributed by atoms with Gasteiger partial charge in [-0.2, -0.15) is 4.72 Å². The first-order chi connectivity index (χ1) is 7.54. The number of halogens is 2. The number of nitrogens with zero attached hydrogens (tertiary/aromatic N) is 1. The number of thiophene rings is 1. The molecule has 1 aromatic heterocycles. The number of sulfonamides is 1. The second kappa shape index (κ2) is 4.48. The number of alkyl halides is 1. The minimum absolute atomic E-state index is 0.169. The monoisotopic (exact) mass is 284 g/mol. The van der Waals surface area contributed by atoms with Gasteiger partial charge in [-0.15, -0.1) is 11.3 Å². The highest BCUT2D eigenvalue weighted by atomic mass is 35.5. The van der Waals surface area contributed by atoms with Gasteiger partial charge < -0.3 is 4.90 Å². The van der Waals surface area contributed by atoms with Crippen LogP contribution >= 0.6 is 22.9 Å². The molecule has 0 saturated carbocycles. The predicted molar refractivity (Wildman–Crippen MR) is 62.5 cm³/mol. The number of hydrogen-bond acceptors (Lipinski definition) is 4. The van der Waals surface area contributed by atoms with Crippen molar-refractivity contribution >= 4 is 38.6 Å². The summed E-state index contributed by atoms with van der Waals surface area (Å²) in [6, 6.07) is 1.61. The van der Waals surface area contributed by atoms with Crippen molar-refractivity contribution in [2.45, 2.75) is 10.6 Å². The molecule has 0 aliphatic carbocycles. The fraction of sp³-hybridized carbons (Fsp3) is 0.500. The summed E-state index contributed by atoms with van der Waals surface area (Å²) in [6.45, 7) is 0.220. The molecule has 1 aliphatic heterocycles. The molecule has 0 bridgehead atoms. The van der Waals surface area contributed by atoms with E-state index in [4.69, 9.17) is 11.6 Å². The highest BCUT2D eigenvalue weighted by Crippen LogP contribution is 2.38. The van der Waals surface area contributed by atoms with E-state index in [0.29, 0.717) is 23.0 Å². The molecule has 0 atom stereocenters. The lowest BCUT2D eigenvalue weighted by molar-refractivity contribution is 0.469. The van der Waals surface area contributed by atoms with Crippen LogP contribution in [0.5, 0.6) is 0 Å². The SMILES string of the molecule is O=S1(=O)NCN(CCCF)c2cc(Cl)sc21. The molecule has 0 spiro atoms. The van der Waals surface area contributed by atoms with Gasteiger partial charge in [-0.1, -0.05) is 11.6 Å². The van der Waals surface area contributed by atoms with Gasteiger partial charge in [0.1, 0.15) is 0 Å². The number of anilines is 1.